The Morgan fingerprint density at radius 2 is 1.86 bits per heavy atom. The molecule has 0 saturated carbocycles. The summed E-state index contributed by atoms with van der Waals surface area (Å²) >= 11 is 5.82. The average molecular weight is 397 g/mol. The number of nitrogens with zero attached hydrogens (tertiary/aromatic N) is 3. The SMILES string of the molecule is CN(CCc1ccncc1)c1ccc(NC(=O)COc2ccc(Cl)cc2)cn1. The lowest BCUT2D eigenvalue weighted by atomic mass is 10.2. The number of hydrogen-bond acceptors (Lipinski definition) is 5. The van der Waals surface area contributed by atoms with Gasteiger partial charge in [-0.3, -0.25) is 9.78 Å². The van der Waals surface area contributed by atoms with E-state index in [0.717, 1.165) is 18.8 Å². The highest BCUT2D eigenvalue weighted by molar-refractivity contribution is 6.30. The molecule has 0 atom stereocenters. The van der Waals surface area contributed by atoms with Crippen LogP contribution in [0, 0.1) is 0 Å². The first-order chi connectivity index (χ1) is 13.6. The van der Waals surface area contributed by atoms with E-state index in [1.807, 2.05) is 31.3 Å². The van der Waals surface area contributed by atoms with Crippen LogP contribution in [0.4, 0.5) is 11.5 Å². The van der Waals surface area contributed by atoms with Crippen molar-refractivity contribution in [1.29, 1.82) is 0 Å². The zero-order valence-corrected chi connectivity index (χ0v) is 16.3. The number of ether oxygens (including phenoxy) is 1. The molecule has 0 saturated heterocycles. The van der Waals surface area contributed by atoms with Crippen molar-refractivity contribution in [2.75, 3.05) is 30.4 Å². The maximum absolute atomic E-state index is 12.0. The Morgan fingerprint density at radius 1 is 1.11 bits per heavy atom. The molecule has 6 nitrogen and oxygen atoms in total. The van der Waals surface area contributed by atoms with Crippen LogP contribution in [0.3, 0.4) is 0 Å². The summed E-state index contributed by atoms with van der Waals surface area (Å²) in [4.78, 5) is 22.5. The molecule has 0 spiro atoms. The van der Waals surface area contributed by atoms with Crippen LogP contribution in [0.25, 0.3) is 0 Å². The fraction of sp³-hybridized carbons (Fsp3) is 0.190. The molecule has 1 N–H and O–H groups in total. The van der Waals surface area contributed by atoms with E-state index in [4.69, 9.17) is 16.3 Å². The van der Waals surface area contributed by atoms with Crippen LogP contribution in [0.5, 0.6) is 5.75 Å². The van der Waals surface area contributed by atoms with E-state index in [1.54, 1.807) is 42.9 Å². The van der Waals surface area contributed by atoms with Gasteiger partial charge in [-0.2, -0.15) is 0 Å². The number of anilines is 2. The van der Waals surface area contributed by atoms with E-state index in [9.17, 15) is 4.79 Å². The summed E-state index contributed by atoms with van der Waals surface area (Å²) in [5.74, 6) is 1.17. The summed E-state index contributed by atoms with van der Waals surface area (Å²) in [5.41, 5.74) is 1.85. The third-order valence-electron chi connectivity index (χ3n) is 4.09. The molecule has 28 heavy (non-hydrogen) atoms. The van der Waals surface area contributed by atoms with E-state index in [0.29, 0.717) is 16.5 Å². The van der Waals surface area contributed by atoms with Crippen molar-refractivity contribution in [3.8, 4) is 5.75 Å². The van der Waals surface area contributed by atoms with Crippen LogP contribution in [-0.2, 0) is 11.2 Å². The highest BCUT2D eigenvalue weighted by atomic mass is 35.5. The van der Waals surface area contributed by atoms with E-state index in [-0.39, 0.29) is 12.5 Å². The lowest BCUT2D eigenvalue weighted by molar-refractivity contribution is -0.118. The lowest BCUT2D eigenvalue weighted by Crippen LogP contribution is -2.22. The van der Waals surface area contributed by atoms with Gasteiger partial charge in [0, 0.05) is 31.0 Å². The van der Waals surface area contributed by atoms with Crippen molar-refractivity contribution in [2.45, 2.75) is 6.42 Å². The Bertz CT molecular complexity index is 887. The first kappa shape index (κ1) is 19.6. The molecule has 0 bridgehead atoms. The van der Waals surface area contributed by atoms with Crippen molar-refractivity contribution in [1.82, 2.24) is 9.97 Å². The zero-order chi connectivity index (χ0) is 19.8. The predicted octanol–water partition coefficient (Wildman–Crippen LogP) is 3.83. The Hall–Kier alpha value is -3.12. The maximum Gasteiger partial charge on any atom is 0.262 e. The third-order valence-corrected chi connectivity index (χ3v) is 4.34. The number of hydrogen-bond donors (Lipinski definition) is 1. The Balaban J connectivity index is 1.46. The molecule has 3 aromatic rings. The normalized spacial score (nSPS) is 10.4. The number of amides is 1. The number of pyridine rings is 2. The molecule has 0 fully saturated rings. The van der Waals surface area contributed by atoms with Crippen molar-refractivity contribution in [3.05, 3.63) is 77.7 Å². The lowest BCUT2D eigenvalue weighted by Gasteiger charge is -2.18. The fourth-order valence-corrected chi connectivity index (χ4v) is 2.65. The van der Waals surface area contributed by atoms with Gasteiger partial charge >= 0.3 is 0 Å². The summed E-state index contributed by atoms with van der Waals surface area (Å²) < 4.78 is 5.43. The molecule has 1 aromatic carbocycles. The minimum Gasteiger partial charge on any atom is -0.484 e. The second-order valence-corrected chi connectivity index (χ2v) is 6.66. The van der Waals surface area contributed by atoms with Gasteiger partial charge in [-0.25, -0.2) is 4.98 Å². The largest absolute Gasteiger partial charge is 0.484 e. The summed E-state index contributed by atoms with van der Waals surface area (Å²) in [6, 6.07) is 14.6. The number of benzene rings is 1. The van der Waals surface area contributed by atoms with Crippen LogP contribution in [0.1, 0.15) is 5.56 Å². The topological polar surface area (TPSA) is 67.4 Å². The Labute approximate surface area is 169 Å². The van der Waals surface area contributed by atoms with E-state index in [1.165, 1.54) is 5.56 Å². The van der Waals surface area contributed by atoms with Crippen LogP contribution in [-0.4, -0.2) is 36.1 Å². The minimum absolute atomic E-state index is 0.0881. The van der Waals surface area contributed by atoms with Crippen LogP contribution >= 0.6 is 11.6 Å². The van der Waals surface area contributed by atoms with Gasteiger partial charge in [-0.05, 0) is 60.5 Å². The van der Waals surface area contributed by atoms with Crippen molar-refractivity contribution in [2.24, 2.45) is 0 Å². The van der Waals surface area contributed by atoms with Gasteiger partial charge in [0.1, 0.15) is 11.6 Å². The molecule has 0 aliphatic rings. The third kappa shape index (κ3) is 5.96. The number of carbonyl (C=O) groups excluding carboxylic acids is 1. The smallest absolute Gasteiger partial charge is 0.262 e. The van der Waals surface area contributed by atoms with Crippen LogP contribution in [0.15, 0.2) is 67.1 Å². The first-order valence-corrected chi connectivity index (χ1v) is 9.22. The van der Waals surface area contributed by atoms with Crippen LogP contribution < -0.4 is 15.0 Å². The maximum atomic E-state index is 12.0. The number of nitrogens with one attached hydrogen (secondary N) is 1. The van der Waals surface area contributed by atoms with Gasteiger partial charge in [0.25, 0.3) is 5.91 Å². The standard InChI is InChI=1S/C21H21ClN4O2/c1-26(13-10-16-8-11-23-12-9-16)20-7-4-18(14-24-20)25-21(27)15-28-19-5-2-17(22)3-6-19/h2-9,11-12,14H,10,13,15H2,1H3,(H,25,27). The first-order valence-electron chi connectivity index (χ1n) is 8.84. The molecule has 2 aromatic heterocycles. The van der Waals surface area contributed by atoms with Crippen LogP contribution in [0.2, 0.25) is 5.02 Å². The summed E-state index contributed by atoms with van der Waals surface area (Å²) in [6.07, 6.45) is 6.13. The molecule has 7 heteroatoms. The fourth-order valence-electron chi connectivity index (χ4n) is 2.52. The van der Waals surface area contributed by atoms with Crippen molar-refractivity contribution < 1.29 is 9.53 Å². The second-order valence-electron chi connectivity index (χ2n) is 6.22. The van der Waals surface area contributed by atoms with Gasteiger partial charge in [0.05, 0.1) is 11.9 Å². The Morgan fingerprint density at radius 3 is 2.54 bits per heavy atom. The molecular formula is C21H21ClN4O2. The van der Waals surface area contributed by atoms with Gasteiger partial charge in [0.15, 0.2) is 6.61 Å². The quantitative estimate of drug-likeness (QED) is 0.626. The average Bonchev–Trinajstić information content (AvgIpc) is 2.73. The molecule has 0 radical (unpaired) electrons. The Kier molecular flexibility index (Phi) is 6.81. The molecule has 3 rings (SSSR count). The summed E-state index contributed by atoms with van der Waals surface area (Å²) in [5, 5.41) is 3.39. The summed E-state index contributed by atoms with van der Waals surface area (Å²) in [6.45, 7) is 0.743. The predicted molar refractivity (Wildman–Crippen MR) is 111 cm³/mol. The highest BCUT2D eigenvalue weighted by Crippen LogP contribution is 2.16. The molecule has 0 unspecified atom stereocenters. The molecule has 0 aliphatic heterocycles. The van der Waals surface area contributed by atoms with E-state index in [2.05, 4.69) is 20.2 Å². The van der Waals surface area contributed by atoms with Gasteiger partial charge in [-0.15, -0.1) is 0 Å². The van der Waals surface area contributed by atoms with Gasteiger partial charge in [0.2, 0.25) is 0 Å². The number of likely N-dealkylation sites (N-methyl/N-ethyl adjacent to an activating group) is 1. The van der Waals surface area contributed by atoms with E-state index >= 15 is 0 Å². The monoisotopic (exact) mass is 396 g/mol. The second kappa shape index (κ2) is 9.71. The summed E-state index contributed by atoms with van der Waals surface area (Å²) in [7, 11) is 1.99. The zero-order valence-electron chi connectivity index (χ0n) is 15.5. The minimum atomic E-state index is -0.254. The molecular weight excluding hydrogens is 376 g/mol. The number of rotatable bonds is 8. The number of aromatic nitrogens is 2. The van der Waals surface area contributed by atoms with Gasteiger partial charge < -0.3 is 15.0 Å². The van der Waals surface area contributed by atoms with Gasteiger partial charge in [-0.1, -0.05) is 11.6 Å². The van der Waals surface area contributed by atoms with Crippen molar-refractivity contribution in [3.63, 3.8) is 0 Å². The molecule has 2 heterocycles. The highest BCUT2D eigenvalue weighted by Gasteiger charge is 2.07. The molecule has 0 aliphatic carbocycles. The number of carbonyl (C=O) groups is 1. The molecule has 1 amide bonds. The molecule has 144 valence electrons. The van der Waals surface area contributed by atoms with E-state index < -0.39 is 0 Å². The van der Waals surface area contributed by atoms with Crippen molar-refractivity contribution >= 4 is 29.0 Å². The number of halogens is 1.